The fourth-order valence-corrected chi connectivity index (χ4v) is 3.13. The minimum Gasteiger partial charge on any atom is -0.396 e. The van der Waals surface area contributed by atoms with Crippen LogP contribution in [-0.4, -0.2) is 54.4 Å². The molecule has 4 atom stereocenters. The van der Waals surface area contributed by atoms with Gasteiger partial charge in [0.15, 0.2) is 0 Å². The van der Waals surface area contributed by atoms with E-state index >= 15 is 0 Å². The van der Waals surface area contributed by atoms with E-state index in [0.29, 0.717) is 6.42 Å². The molecule has 3 N–H and O–H groups in total. The standard InChI is InChI=1S/C15H31N3O2/c1-11-7-12(2)9-18(8-11)10-14(4)17-15(20)16-13(3)5-6-19/h11-14,19H,5-10H2,1-4H3,(H2,16,17,20)/t11?,12?,13-,14?/m1/s1. The van der Waals surface area contributed by atoms with Gasteiger partial charge in [0.2, 0.25) is 0 Å². The van der Waals surface area contributed by atoms with Crippen molar-refractivity contribution in [2.45, 2.75) is 52.6 Å². The van der Waals surface area contributed by atoms with Crippen molar-refractivity contribution >= 4 is 6.03 Å². The van der Waals surface area contributed by atoms with Gasteiger partial charge in [-0.25, -0.2) is 4.79 Å². The van der Waals surface area contributed by atoms with Crippen molar-refractivity contribution in [3.05, 3.63) is 0 Å². The second kappa shape index (κ2) is 8.47. The van der Waals surface area contributed by atoms with Crippen LogP contribution in [0, 0.1) is 11.8 Å². The third-order valence-electron chi connectivity index (χ3n) is 3.79. The monoisotopic (exact) mass is 285 g/mol. The molecule has 0 aliphatic carbocycles. The van der Waals surface area contributed by atoms with Gasteiger partial charge in [-0.2, -0.15) is 0 Å². The van der Waals surface area contributed by atoms with Crippen LogP contribution in [0.25, 0.3) is 0 Å². The number of amides is 2. The van der Waals surface area contributed by atoms with Gasteiger partial charge in [-0.1, -0.05) is 13.8 Å². The number of aliphatic hydroxyl groups excluding tert-OH is 1. The molecule has 1 aliphatic rings. The topological polar surface area (TPSA) is 64.6 Å². The maximum Gasteiger partial charge on any atom is 0.315 e. The van der Waals surface area contributed by atoms with Crippen LogP contribution in [0.1, 0.15) is 40.5 Å². The smallest absolute Gasteiger partial charge is 0.315 e. The normalized spacial score (nSPS) is 26.9. The van der Waals surface area contributed by atoms with Crippen molar-refractivity contribution in [3.63, 3.8) is 0 Å². The van der Waals surface area contributed by atoms with E-state index in [2.05, 4.69) is 29.4 Å². The summed E-state index contributed by atoms with van der Waals surface area (Å²) in [5.41, 5.74) is 0. The largest absolute Gasteiger partial charge is 0.396 e. The Morgan fingerprint density at radius 3 is 2.30 bits per heavy atom. The minimum absolute atomic E-state index is 0.00207. The zero-order valence-corrected chi connectivity index (χ0v) is 13.4. The molecule has 3 unspecified atom stereocenters. The highest BCUT2D eigenvalue weighted by Crippen LogP contribution is 2.20. The third kappa shape index (κ3) is 6.57. The summed E-state index contributed by atoms with van der Waals surface area (Å²) in [6.45, 7) is 11.8. The molecule has 1 heterocycles. The Labute approximate surface area is 123 Å². The van der Waals surface area contributed by atoms with E-state index in [0.717, 1.165) is 31.5 Å². The summed E-state index contributed by atoms with van der Waals surface area (Å²) < 4.78 is 0. The van der Waals surface area contributed by atoms with Gasteiger partial charge in [-0.05, 0) is 38.5 Å². The van der Waals surface area contributed by atoms with Crippen LogP contribution >= 0.6 is 0 Å². The number of carbonyl (C=O) groups is 1. The number of urea groups is 1. The predicted octanol–water partition coefficient (Wildman–Crippen LogP) is 1.42. The average Bonchev–Trinajstić information content (AvgIpc) is 2.26. The number of nitrogens with one attached hydrogen (secondary N) is 2. The van der Waals surface area contributed by atoms with Gasteiger partial charge in [0.25, 0.3) is 0 Å². The van der Waals surface area contributed by atoms with Crippen LogP contribution < -0.4 is 10.6 Å². The molecule has 1 aliphatic heterocycles. The lowest BCUT2D eigenvalue weighted by Gasteiger charge is -2.36. The molecule has 0 aromatic rings. The number of nitrogens with zero attached hydrogens (tertiary/aromatic N) is 1. The molecule has 0 saturated carbocycles. The highest BCUT2D eigenvalue weighted by molar-refractivity contribution is 5.74. The fraction of sp³-hybridized carbons (Fsp3) is 0.933. The van der Waals surface area contributed by atoms with Gasteiger partial charge in [0, 0.05) is 38.3 Å². The average molecular weight is 285 g/mol. The zero-order chi connectivity index (χ0) is 15.1. The minimum atomic E-state index is -0.142. The summed E-state index contributed by atoms with van der Waals surface area (Å²) in [7, 11) is 0. The lowest BCUT2D eigenvalue weighted by molar-refractivity contribution is 0.131. The van der Waals surface area contributed by atoms with E-state index in [1.54, 1.807) is 0 Å². The summed E-state index contributed by atoms with van der Waals surface area (Å²) in [6, 6.07) is -0.00684. The first-order valence-corrected chi connectivity index (χ1v) is 7.81. The molecular formula is C15H31N3O2. The molecule has 5 nitrogen and oxygen atoms in total. The van der Waals surface area contributed by atoms with Crippen LogP contribution in [0.15, 0.2) is 0 Å². The second-order valence-electron chi connectivity index (χ2n) is 6.60. The Balaban J connectivity index is 2.28. The van der Waals surface area contributed by atoms with Gasteiger partial charge < -0.3 is 20.6 Å². The summed E-state index contributed by atoms with van der Waals surface area (Å²) in [5.74, 6) is 1.48. The Bertz CT molecular complexity index is 289. The summed E-state index contributed by atoms with van der Waals surface area (Å²) >= 11 is 0. The van der Waals surface area contributed by atoms with E-state index in [4.69, 9.17) is 5.11 Å². The maximum atomic E-state index is 11.8. The van der Waals surface area contributed by atoms with Gasteiger partial charge in [0.05, 0.1) is 0 Å². The van der Waals surface area contributed by atoms with Crippen LogP contribution in [0.3, 0.4) is 0 Å². The Morgan fingerprint density at radius 1 is 1.20 bits per heavy atom. The van der Waals surface area contributed by atoms with Crippen molar-refractivity contribution < 1.29 is 9.90 Å². The number of hydrogen-bond acceptors (Lipinski definition) is 3. The van der Waals surface area contributed by atoms with Crippen LogP contribution in [-0.2, 0) is 0 Å². The number of likely N-dealkylation sites (tertiary alicyclic amines) is 1. The Hall–Kier alpha value is -0.810. The fourth-order valence-electron chi connectivity index (χ4n) is 3.13. The number of rotatable bonds is 6. The summed E-state index contributed by atoms with van der Waals surface area (Å²) in [4.78, 5) is 14.2. The van der Waals surface area contributed by atoms with Crippen molar-refractivity contribution in [1.82, 2.24) is 15.5 Å². The summed E-state index contributed by atoms with van der Waals surface area (Å²) in [5, 5.41) is 14.6. The molecule has 0 spiro atoms. The van der Waals surface area contributed by atoms with Gasteiger partial charge in [-0.15, -0.1) is 0 Å². The Morgan fingerprint density at radius 2 is 1.75 bits per heavy atom. The summed E-state index contributed by atoms with van der Waals surface area (Å²) in [6.07, 6.45) is 1.89. The Kier molecular flexibility index (Phi) is 7.30. The maximum absolute atomic E-state index is 11.8. The van der Waals surface area contributed by atoms with E-state index < -0.39 is 0 Å². The number of piperidine rings is 1. The van der Waals surface area contributed by atoms with Gasteiger partial charge >= 0.3 is 6.03 Å². The lowest BCUT2D eigenvalue weighted by Crippen LogP contribution is -2.50. The molecule has 1 rings (SSSR count). The molecule has 1 saturated heterocycles. The molecule has 5 heteroatoms. The van der Waals surface area contributed by atoms with Crippen molar-refractivity contribution in [2.24, 2.45) is 11.8 Å². The molecule has 1 fully saturated rings. The number of aliphatic hydroxyl groups is 1. The SMILES string of the molecule is CC1CC(C)CN(CC(C)NC(=O)N[C@H](C)CCO)C1. The van der Waals surface area contributed by atoms with Crippen LogP contribution in [0.2, 0.25) is 0 Å². The van der Waals surface area contributed by atoms with Crippen molar-refractivity contribution in [3.8, 4) is 0 Å². The first-order valence-electron chi connectivity index (χ1n) is 7.81. The highest BCUT2D eigenvalue weighted by atomic mass is 16.3. The van der Waals surface area contributed by atoms with E-state index in [9.17, 15) is 4.79 Å². The zero-order valence-electron chi connectivity index (χ0n) is 13.4. The van der Waals surface area contributed by atoms with Crippen LogP contribution in [0.5, 0.6) is 0 Å². The van der Waals surface area contributed by atoms with E-state index in [-0.39, 0.29) is 24.7 Å². The van der Waals surface area contributed by atoms with Crippen LogP contribution in [0.4, 0.5) is 4.79 Å². The molecule has 20 heavy (non-hydrogen) atoms. The van der Waals surface area contributed by atoms with Gasteiger partial charge in [-0.3, -0.25) is 0 Å². The van der Waals surface area contributed by atoms with E-state index in [1.807, 2.05) is 13.8 Å². The highest BCUT2D eigenvalue weighted by Gasteiger charge is 2.23. The number of carbonyl (C=O) groups excluding carboxylic acids is 1. The lowest BCUT2D eigenvalue weighted by atomic mass is 9.92. The van der Waals surface area contributed by atoms with Crippen molar-refractivity contribution in [2.75, 3.05) is 26.2 Å². The number of hydrogen-bond donors (Lipinski definition) is 3. The second-order valence-corrected chi connectivity index (χ2v) is 6.60. The van der Waals surface area contributed by atoms with Crippen molar-refractivity contribution in [1.29, 1.82) is 0 Å². The third-order valence-corrected chi connectivity index (χ3v) is 3.79. The first kappa shape index (κ1) is 17.2. The molecule has 0 aromatic heterocycles. The molecule has 0 bridgehead atoms. The molecule has 118 valence electrons. The van der Waals surface area contributed by atoms with E-state index in [1.165, 1.54) is 6.42 Å². The molecule has 0 aromatic carbocycles. The first-order chi connectivity index (χ1) is 9.40. The molecule has 0 radical (unpaired) electrons. The van der Waals surface area contributed by atoms with Gasteiger partial charge in [0.1, 0.15) is 0 Å². The molecular weight excluding hydrogens is 254 g/mol. The quantitative estimate of drug-likeness (QED) is 0.691. The molecule has 2 amide bonds. The predicted molar refractivity (Wildman–Crippen MR) is 81.7 cm³/mol.